The highest BCUT2D eigenvalue weighted by molar-refractivity contribution is 7.13. The number of hydrogen-bond acceptors (Lipinski definition) is 7. The summed E-state index contributed by atoms with van der Waals surface area (Å²) < 4.78 is 0. The van der Waals surface area contributed by atoms with E-state index in [-0.39, 0.29) is 17.7 Å². The van der Waals surface area contributed by atoms with Crippen molar-refractivity contribution in [3.63, 3.8) is 0 Å². The molecule has 0 atom stereocenters. The maximum absolute atomic E-state index is 12.5. The molecule has 0 saturated carbocycles. The minimum absolute atomic E-state index is 0.0689. The second kappa shape index (κ2) is 11.5. The summed E-state index contributed by atoms with van der Waals surface area (Å²) in [5, 5.41) is 17.5. The molecule has 0 bridgehead atoms. The number of likely N-dealkylation sites (tertiary alicyclic amines) is 1. The van der Waals surface area contributed by atoms with Gasteiger partial charge in [-0.25, -0.2) is 0 Å². The van der Waals surface area contributed by atoms with E-state index in [1.54, 1.807) is 11.3 Å². The molecular formula is C24H29N5O2S2. The average molecular weight is 484 g/mol. The maximum atomic E-state index is 12.5. The van der Waals surface area contributed by atoms with Gasteiger partial charge in [-0.3, -0.25) is 14.5 Å². The van der Waals surface area contributed by atoms with Crippen molar-refractivity contribution in [2.75, 3.05) is 25.0 Å². The predicted octanol–water partition coefficient (Wildman–Crippen LogP) is 3.99. The lowest BCUT2D eigenvalue weighted by molar-refractivity contribution is -0.126. The van der Waals surface area contributed by atoms with Crippen LogP contribution >= 0.6 is 22.7 Å². The van der Waals surface area contributed by atoms with E-state index >= 15 is 0 Å². The number of carbonyl (C=O) groups is 2. The summed E-state index contributed by atoms with van der Waals surface area (Å²) in [4.78, 5) is 28.5. The number of carbonyl (C=O) groups excluding carboxylic acids is 2. The third kappa shape index (κ3) is 6.69. The fourth-order valence-electron chi connectivity index (χ4n) is 3.87. The Balaban J connectivity index is 1.19. The van der Waals surface area contributed by atoms with Crippen molar-refractivity contribution in [1.82, 2.24) is 20.4 Å². The molecule has 3 aromatic rings. The lowest BCUT2D eigenvalue weighted by atomic mass is 9.96. The van der Waals surface area contributed by atoms with E-state index in [0.29, 0.717) is 18.1 Å². The van der Waals surface area contributed by atoms with Crippen molar-refractivity contribution < 1.29 is 9.59 Å². The topological polar surface area (TPSA) is 87.2 Å². The molecular weight excluding hydrogens is 454 g/mol. The Labute approximate surface area is 202 Å². The zero-order chi connectivity index (χ0) is 23.0. The molecule has 1 aliphatic heterocycles. The van der Waals surface area contributed by atoms with Gasteiger partial charge in [0.25, 0.3) is 5.91 Å². The van der Waals surface area contributed by atoms with Crippen LogP contribution in [0.3, 0.4) is 0 Å². The number of nitrogens with one attached hydrogen (secondary N) is 2. The third-order valence-corrected chi connectivity index (χ3v) is 7.69. The number of aryl methyl sites for hydroxylation is 1. The summed E-state index contributed by atoms with van der Waals surface area (Å²) in [6.45, 7) is 5.13. The molecule has 4 rings (SSSR count). The number of aromatic nitrogens is 2. The zero-order valence-corrected chi connectivity index (χ0v) is 20.4. The number of thiophene rings is 1. The van der Waals surface area contributed by atoms with Crippen molar-refractivity contribution in [3.8, 4) is 0 Å². The van der Waals surface area contributed by atoms with Crippen LogP contribution in [0.1, 0.15) is 45.0 Å². The molecule has 0 aliphatic carbocycles. The number of benzene rings is 1. The van der Waals surface area contributed by atoms with Gasteiger partial charge in [0.2, 0.25) is 10.9 Å². The van der Waals surface area contributed by atoms with Crippen molar-refractivity contribution >= 4 is 40.2 Å². The first-order valence-corrected chi connectivity index (χ1v) is 13.1. The van der Waals surface area contributed by atoms with Gasteiger partial charge >= 0.3 is 0 Å². The molecule has 1 fully saturated rings. The molecule has 0 radical (unpaired) electrons. The average Bonchev–Trinajstić information content (AvgIpc) is 3.52. The molecule has 2 aromatic heterocycles. The van der Waals surface area contributed by atoms with Crippen LogP contribution in [0.4, 0.5) is 5.69 Å². The molecule has 33 heavy (non-hydrogen) atoms. The van der Waals surface area contributed by atoms with Gasteiger partial charge < -0.3 is 10.6 Å². The number of rotatable bonds is 9. The van der Waals surface area contributed by atoms with Gasteiger partial charge in [-0.1, -0.05) is 36.5 Å². The summed E-state index contributed by atoms with van der Waals surface area (Å²) in [7, 11) is 0. The van der Waals surface area contributed by atoms with Crippen LogP contribution in [0, 0.1) is 5.92 Å². The molecule has 1 aliphatic rings. The van der Waals surface area contributed by atoms with E-state index in [0.717, 1.165) is 49.5 Å². The van der Waals surface area contributed by atoms with E-state index in [9.17, 15) is 9.59 Å². The smallest absolute Gasteiger partial charge is 0.286 e. The number of amides is 2. The van der Waals surface area contributed by atoms with Gasteiger partial charge in [0.05, 0.1) is 6.54 Å². The predicted molar refractivity (Wildman–Crippen MR) is 133 cm³/mol. The molecule has 7 nitrogen and oxygen atoms in total. The lowest BCUT2D eigenvalue weighted by Gasteiger charge is -2.30. The molecule has 174 valence electrons. The molecule has 9 heteroatoms. The Bertz CT molecular complexity index is 1040. The summed E-state index contributed by atoms with van der Waals surface area (Å²) >= 11 is 3.05. The van der Waals surface area contributed by atoms with Gasteiger partial charge in [0, 0.05) is 23.0 Å². The fourth-order valence-corrected chi connectivity index (χ4v) is 5.36. The SMILES string of the molecule is CCc1ccc(NC(=O)c2nnc(CN3CCC(C(=O)NCCc4cccs4)CC3)s2)cc1. The van der Waals surface area contributed by atoms with Crippen molar-refractivity contribution in [2.24, 2.45) is 5.92 Å². The second-order valence-corrected chi connectivity index (χ2v) is 10.3. The van der Waals surface area contributed by atoms with Crippen LogP contribution in [0.5, 0.6) is 0 Å². The standard InChI is InChI=1S/C24H29N5O2S2/c1-2-17-5-7-19(8-6-17)26-23(31)24-28-27-21(33-24)16-29-13-10-18(11-14-29)22(30)25-12-9-20-4-3-15-32-20/h3-8,15,18H,2,9-14,16H2,1H3,(H,25,30)(H,26,31). The normalized spacial score (nSPS) is 14.8. The lowest BCUT2D eigenvalue weighted by Crippen LogP contribution is -2.40. The first kappa shape index (κ1) is 23.5. The monoisotopic (exact) mass is 483 g/mol. The van der Waals surface area contributed by atoms with Crippen LogP contribution < -0.4 is 10.6 Å². The maximum Gasteiger partial charge on any atom is 0.286 e. The summed E-state index contributed by atoms with van der Waals surface area (Å²) in [5.74, 6) is -0.00610. The molecule has 3 heterocycles. The van der Waals surface area contributed by atoms with E-state index in [2.05, 4.69) is 44.1 Å². The highest BCUT2D eigenvalue weighted by Gasteiger charge is 2.25. The first-order chi connectivity index (χ1) is 16.1. The highest BCUT2D eigenvalue weighted by atomic mass is 32.1. The number of hydrogen-bond donors (Lipinski definition) is 2. The van der Waals surface area contributed by atoms with Crippen molar-refractivity contribution in [2.45, 2.75) is 39.2 Å². The minimum atomic E-state index is -0.235. The molecule has 0 unspecified atom stereocenters. The van der Waals surface area contributed by atoms with E-state index in [4.69, 9.17) is 0 Å². The van der Waals surface area contributed by atoms with E-state index in [1.807, 2.05) is 30.3 Å². The highest BCUT2D eigenvalue weighted by Crippen LogP contribution is 2.21. The van der Waals surface area contributed by atoms with Gasteiger partial charge in [-0.15, -0.1) is 21.5 Å². The van der Waals surface area contributed by atoms with Gasteiger partial charge in [0.1, 0.15) is 5.01 Å². The summed E-state index contributed by atoms with van der Waals surface area (Å²) in [6, 6.07) is 12.0. The van der Waals surface area contributed by atoms with Crippen LogP contribution in [-0.2, 0) is 24.2 Å². The largest absolute Gasteiger partial charge is 0.355 e. The van der Waals surface area contributed by atoms with Gasteiger partial charge in [-0.05, 0) is 67.9 Å². The number of anilines is 1. The number of nitrogens with zero attached hydrogens (tertiary/aromatic N) is 3. The molecule has 2 amide bonds. The van der Waals surface area contributed by atoms with E-state index < -0.39 is 0 Å². The quantitative estimate of drug-likeness (QED) is 0.481. The Morgan fingerprint density at radius 3 is 2.61 bits per heavy atom. The van der Waals surface area contributed by atoms with Gasteiger partial charge in [-0.2, -0.15) is 0 Å². The van der Waals surface area contributed by atoms with Crippen molar-refractivity contribution in [3.05, 3.63) is 62.2 Å². The second-order valence-electron chi connectivity index (χ2n) is 8.18. The van der Waals surface area contributed by atoms with Crippen LogP contribution in [0.15, 0.2) is 41.8 Å². The summed E-state index contributed by atoms with van der Waals surface area (Å²) in [5.41, 5.74) is 1.98. The molecule has 1 aromatic carbocycles. The Morgan fingerprint density at radius 1 is 1.12 bits per heavy atom. The van der Waals surface area contributed by atoms with Gasteiger partial charge in [0.15, 0.2) is 0 Å². The zero-order valence-electron chi connectivity index (χ0n) is 18.8. The molecule has 1 saturated heterocycles. The number of piperidine rings is 1. The Morgan fingerprint density at radius 2 is 1.91 bits per heavy atom. The summed E-state index contributed by atoms with van der Waals surface area (Å²) in [6.07, 6.45) is 3.53. The minimum Gasteiger partial charge on any atom is -0.355 e. The Hall–Kier alpha value is -2.62. The fraction of sp³-hybridized carbons (Fsp3) is 0.417. The Kier molecular flexibility index (Phi) is 8.20. The van der Waals surface area contributed by atoms with Crippen LogP contribution in [0.2, 0.25) is 0 Å². The van der Waals surface area contributed by atoms with Crippen molar-refractivity contribution in [1.29, 1.82) is 0 Å². The van der Waals surface area contributed by atoms with E-state index in [1.165, 1.54) is 21.8 Å². The first-order valence-electron chi connectivity index (χ1n) is 11.4. The molecule has 2 N–H and O–H groups in total. The van der Waals surface area contributed by atoms with Crippen LogP contribution in [0.25, 0.3) is 0 Å². The third-order valence-electron chi connectivity index (χ3n) is 5.85. The molecule has 0 spiro atoms. The van der Waals surface area contributed by atoms with Crippen LogP contribution in [-0.4, -0.2) is 46.5 Å².